The molecule has 0 spiro atoms. The lowest BCUT2D eigenvalue weighted by Gasteiger charge is -2.58. The van der Waals surface area contributed by atoms with Gasteiger partial charge in [0.05, 0.1) is 5.60 Å². The number of hydrogen-bond donors (Lipinski definition) is 1. The van der Waals surface area contributed by atoms with Gasteiger partial charge in [-0.1, -0.05) is 13.8 Å². The summed E-state index contributed by atoms with van der Waals surface area (Å²) >= 11 is 0. The second kappa shape index (κ2) is 4.46. The Kier molecular flexibility index (Phi) is 3.03. The molecule has 5 fully saturated rings. The zero-order chi connectivity index (χ0) is 14.0. The first-order valence-electron chi connectivity index (χ1n) is 8.91. The molecule has 20 heavy (non-hydrogen) atoms. The molecule has 0 amide bonds. The molecule has 4 bridgehead atoms. The molecule has 1 heterocycles. The van der Waals surface area contributed by atoms with Crippen LogP contribution in [-0.2, 0) is 0 Å². The Morgan fingerprint density at radius 2 is 1.50 bits per heavy atom. The van der Waals surface area contributed by atoms with Crippen molar-refractivity contribution in [3.8, 4) is 0 Å². The zero-order valence-electron chi connectivity index (χ0n) is 13.3. The number of aliphatic hydroxyl groups is 1. The summed E-state index contributed by atoms with van der Waals surface area (Å²) < 4.78 is 0. The van der Waals surface area contributed by atoms with E-state index in [4.69, 9.17) is 0 Å². The van der Waals surface area contributed by atoms with E-state index in [2.05, 4.69) is 18.7 Å². The SMILES string of the molecule is CC(C)C1(O)CN(CCC23CC4CC(CC(C4)C2)C3)C1. The molecular formula is C18H31NO. The third-order valence-corrected chi connectivity index (χ3v) is 7.19. The van der Waals surface area contributed by atoms with E-state index in [1.165, 1.54) is 32.2 Å². The minimum atomic E-state index is -0.387. The van der Waals surface area contributed by atoms with Crippen LogP contribution in [-0.4, -0.2) is 35.2 Å². The van der Waals surface area contributed by atoms with Gasteiger partial charge in [0, 0.05) is 13.1 Å². The van der Waals surface area contributed by atoms with Gasteiger partial charge in [0.25, 0.3) is 0 Å². The summed E-state index contributed by atoms with van der Waals surface area (Å²) in [5.74, 6) is 3.62. The molecule has 5 rings (SSSR count). The minimum absolute atomic E-state index is 0.387. The Bertz CT molecular complexity index is 348. The maximum absolute atomic E-state index is 10.4. The average Bonchev–Trinajstić information content (AvgIpc) is 2.31. The van der Waals surface area contributed by atoms with Crippen molar-refractivity contribution in [1.29, 1.82) is 0 Å². The standard InChI is InChI=1S/C18H31NO/c1-13(2)18(20)11-19(12-18)4-3-17-8-14-5-15(9-17)7-16(6-14)10-17/h13-16,20H,3-12H2,1-2H3. The lowest BCUT2D eigenvalue weighted by Crippen LogP contribution is -2.64. The quantitative estimate of drug-likeness (QED) is 0.852. The van der Waals surface area contributed by atoms with Crippen LogP contribution in [0.4, 0.5) is 0 Å². The summed E-state index contributed by atoms with van der Waals surface area (Å²) in [6.45, 7) is 7.36. The van der Waals surface area contributed by atoms with Gasteiger partial charge in [-0.05, 0) is 80.6 Å². The van der Waals surface area contributed by atoms with Crippen LogP contribution in [0.25, 0.3) is 0 Å². The van der Waals surface area contributed by atoms with Gasteiger partial charge in [-0.3, -0.25) is 4.90 Å². The molecule has 0 aromatic heterocycles. The van der Waals surface area contributed by atoms with Gasteiger partial charge in [-0.25, -0.2) is 0 Å². The number of β-amino-alcohol motifs (C(OH)–C–C–N with tert-alkyl or cyclic N) is 1. The smallest absolute Gasteiger partial charge is 0.0922 e. The first-order chi connectivity index (χ1) is 9.46. The van der Waals surface area contributed by atoms with Crippen LogP contribution in [0.15, 0.2) is 0 Å². The van der Waals surface area contributed by atoms with E-state index in [9.17, 15) is 5.11 Å². The molecule has 0 radical (unpaired) electrons. The van der Waals surface area contributed by atoms with Gasteiger partial charge in [0.2, 0.25) is 0 Å². The van der Waals surface area contributed by atoms with Crippen molar-refractivity contribution in [2.24, 2.45) is 29.1 Å². The summed E-state index contributed by atoms with van der Waals surface area (Å²) in [6, 6.07) is 0. The Balaban J connectivity index is 1.32. The fraction of sp³-hybridized carbons (Fsp3) is 1.00. The molecule has 1 aliphatic heterocycles. The van der Waals surface area contributed by atoms with Crippen LogP contribution in [0.2, 0.25) is 0 Å². The van der Waals surface area contributed by atoms with Crippen LogP contribution in [0, 0.1) is 29.1 Å². The van der Waals surface area contributed by atoms with E-state index in [0.717, 1.165) is 30.8 Å². The second-order valence-electron chi connectivity index (χ2n) is 9.14. The van der Waals surface area contributed by atoms with Gasteiger partial charge in [-0.2, -0.15) is 0 Å². The molecule has 0 unspecified atom stereocenters. The zero-order valence-corrected chi connectivity index (χ0v) is 13.3. The molecule has 4 aliphatic carbocycles. The van der Waals surface area contributed by atoms with Crippen molar-refractivity contribution in [2.75, 3.05) is 19.6 Å². The summed E-state index contributed by atoms with van der Waals surface area (Å²) in [6.07, 6.45) is 10.6. The van der Waals surface area contributed by atoms with Crippen molar-refractivity contribution < 1.29 is 5.11 Å². The molecule has 2 nitrogen and oxygen atoms in total. The Hall–Kier alpha value is -0.0800. The fourth-order valence-electron chi connectivity index (χ4n) is 6.24. The lowest BCUT2D eigenvalue weighted by molar-refractivity contribution is -0.135. The molecule has 0 atom stereocenters. The van der Waals surface area contributed by atoms with E-state index < -0.39 is 0 Å². The molecule has 1 N–H and O–H groups in total. The lowest BCUT2D eigenvalue weighted by atomic mass is 9.49. The van der Waals surface area contributed by atoms with E-state index >= 15 is 0 Å². The summed E-state index contributed by atoms with van der Waals surface area (Å²) in [5, 5.41) is 10.4. The third-order valence-electron chi connectivity index (χ3n) is 7.19. The fourth-order valence-corrected chi connectivity index (χ4v) is 6.24. The van der Waals surface area contributed by atoms with Crippen molar-refractivity contribution >= 4 is 0 Å². The van der Waals surface area contributed by atoms with Gasteiger partial charge >= 0.3 is 0 Å². The number of likely N-dealkylation sites (tertiary alicyclic amines) is 1. The Morgan fingerprint density at radius 1 is 1.00 bits per heavy atom. The van der Waals surface area contributed by atoms with Crippen molar-refractivity contribution in [2.45, 2.75) is 64.4 Å². The molecule has 114 valence electrons. The number of rotatable bonds is 4. The highest BCUT2D eigenvalue weighted by molar-refractivity contribution is 5.03. The van der Waals surface area contributed by atoms with E-state index in [1.54, 1.807) is 19.3 Å². The maximum Gasteiger partial charge on any atom is 0.0922 e. The summed E-state index contributed by atoms with van der Waals surface area (Å²) in [7, 11) is 0. The van der Waals surface area contributed by atoms with Crippen molar-refractivity contribution in [3.05, 3.63) is 0 Å². The van der Waals surface area contributed by atoms with Gasteiger partial charge in [0.15, 0.2) is 0 Å². The average molecular weight is 277 g/mol. The molecular weight excluding hydrogens is 246 g/mol. The molecule has 5 aliphatic rings. The van der Waals surface area contributed by atoms with Crippen LogP contribution in [0.3, 0.4) is 0 Å². The summed E-state index contributed by atoms with van der Waals surface area (Å²) in [5.41, 5.74) is 0.321. The van der Waals surface area contributed by atoms with Crippen molar-refractivity contribution in [3.63, 3.8) is 0 Å². The first-order valence-corrected chi connectivity index (χ1v) is 8.91. The van der Waals surface area contributed by atoms with E-state index in [0.29, 0.717) is 11.3 Å². The Labute approximate surface area is 123 Å². The molecule has 0 aromatic carbocycles. The number of nitrogens with zero attached hydrogens (tertiary/aromatic N) is 1. The monoisotopic (exact) mass is 277 g/mol. The normalized spacial score (nSPS) is 45.9. The topological polar surface area (TPSA) is 23.5 Å². The number of hydrogen-bond acceptors (Lipinski definition) is 2. The summed E-state index contributed by atoms with van der Waals surface area (Å²) in [4.78, 5) is 2.50. The van der Waals surface area contributed by atoms with Crippen LogP contribution in [0.5, 0.6) is 0 Å². The van der Waals surface area contributed by atoms with Crippen LogP contribution in [0.1, 0.15) is 58.8 Å². The van der Waals surface area contributed by atoms with Crippen LogP contribution >= 0.6 is 0 Å². The predicted molar refractivity (Wildman–Crippen MR) is 81.4 cm³/mol. The third kappa shape index (κ3) is 2.14. The van der Waals surface area contributed by atoms with E-state index in [-0.39, 0.29) is 5.60 Å². The molecule has 4 saturated carbocycles. The van der Waals surface area contributed by atoms with Gasteiger partial charge < -0.3 is 5.11 Å². The van der Waals surface area contributed by atoms with E-state index in [1.807, 2.05) is 0 Å². The van der Waals surface area contributed by atoms with Crippen LogP contribution < -0.4 is 0 Å². The highest BCUT2D eigenvalue weighted by Gasteiger charge is 2.51. The minimum Gasteiger partial charge on any atom is -0.387 e. The molecule has 0 aromatic rings. The maximum atomic E-state index is 10.4. The molecule has 1 saturated heterocycles. The second-order valence-corrected chi connectivity index (χ2v) is 9.14. The largest absolute Gasteiger partial charge is 0.387 e. The predicted octanol–water partition coefficient (Wildman–Crippen LogP) is 3.30. The van der Waals surface area contributed by atoms with Gasteiger partial charge in [-0.15, -0.1) is 0 Å². The first kappa shape index (κ1) is 13.6. The van der Waals surface area contributed by atoms with Crippen molar-refractivity contribution in [1.82, 2.24) is 4.90 Å². The highest BCUT2D eigenvalue weighted by Crippen LogP contribution is 2.61. The highest BCUT2D eigenvalue weighted by atomic mass is 16.3. The van der Waals surface area contributed by atoms with Gasteiger partial charge in [0.1, 0.15) is 0 Å². The Morgan fingerprint density at radius 3 is 1.95 bits per heavy atom. The molecule has 2 heteroatoms.